The quantitative estimate of drug-likeness (QED) is 0.224. The Balaban J connectivity index is 1.36. The van der Waals surface area contributed by atoms with Crippen molar-refractivity contribution in [2.24, 2.45) is 0 Å². The van der Waals surface area contributed by atoms with E-state index in [1.165, 1.54) is 11.1 Å². The molecule has 0 unspecified atom stereocenters. The van der Waals surface area contributed by atoms with Gasteiger partial charge in [0, 0.05) is 5.39 Å². The lowest BCUT2D eigenvalue weighted by Crippen LogP contribution is -2.23. The number of aliphatic hydroxyl groups is 1. The molecule has 0 saturated heterocycles. The molecule has 2 N–H and O–H groups in total. The third-order valence-corrected chi connectivity index (χ3v) is 6.86. The zero-order valence-corrected chi connectivity index (χ0v) is 21.7. The zero-order chi connectivity index (χ0) is 26.6. The first-order valence-electron chi connectivity index (χ1n) is 13.1. The normalized spacial score (nSPS) is 12.1. The van der Waals surface area contributed by atoms with E-state index in [0.717, 1.165) is 22.8 Å². The van der Waals surface area contributed by atoms with E-state index in [2.05, 4.69) is 51.7 Å². The van der Waals surface area contributed by atoms with E-state index in [1.807, 2.05) is 72.2 Å². The Morgan fingerprint density at radius 3 is 2.38 bits per heavy atom. The maximum atomic E-state index is 9.82. The standard InChI is InChI=1S/C32H29N5O2/c1-2-26(20-38)34-30-29-31(36-32(35-30)39-28-14-8-12-25-11-6-7-13-27(25)28)37(21-33-29)19-22-15-17-24(18-16-22)23-9-4-3-5-10-23/h3-18,21,26,38H,2,19-20H2,1H3,(H,34,35,36)/t26-/m0/s1. The van der Waals surface area contributed by atoms with Crippen LogP contribution in [0.2, 0.25) is 0 Å². The molecular weight excluding hydrogens is 486 g/mol. The molecule has 4 aromatic carbocycles. The smallest absolute Gasteiger partial charge is 0.326 e. The van der Waals surface area contributed by atoms with Gasteiger partial charge in [0.15, 0.2) is 17.0 Å². The number of benzene rings is 4. The second kappa shape index (κ2) is 10.9. The number of imidazole rings is 1. The molecule has 39 heavy (non-hydrogen) atoms. The highest BCUT2D eigenvalue weighted by molar-refractivity contribution is 5.88. The van der Waals surface area contributed by atoms with Gasteiger partial charge in [0.05, 0.1) is 25.5 Å². The first-order valence-corrected chi connectivity index (χ1v) is 13.1. The van der Waals surface area contributed by atoms with Gasteiger partial charge in [-0.3, -0.25) is 0 Å². The van der Waals surface area contributed by atoms with Crippen LogP contribution < -0.4 is 10.1 Å². The maximum absolute atomic E-state index is 9.82. The van der Waals surface area contributed by atoms with E-state index < -0.39 is 0 Å². The Hall–Kier alpha value is -4.75. The summed E-state index contributed by atoms with van der Waals surface area (Å²) in [7, 11) is 0. The van der Waals surface area contributed by atoms with Crippen LogP contribution in [0.3, 0.4) is 0 Å². The number of aliphatic hydroxyl groups excluding tert-OH is 1. The third kappa shape index (κ3) is 5.17. The highest BCUT2D eigenvalue weighted by atomic mass is 16.5. The van der Waals surface area contributed by atoms with Gasteiger partial charge in [0.2, 0.25) is 0 Å². The topological polar surface area (TPSA) is 85.1 Å². The largest absolute Gasteiger partial charge is 0.424 e. The molecule has 7 nitrogen and oxygen atoms in total. The van der Waals surface area contributed by atoms with Crippen molar-refractivity contribution in [1.82, 2.24) is 19.5 Å². The highest BCUT2D eigenvalue weighted by Gasteiger charge is 2.18. The van der Waals surface area contributed by atoms with Crippen molar-refractivity contribution < 1.29 is 9.84 Å². The molecule has 6 rings (SSSR count). The molecular formula is C32H29N5O2. The van der Waals surface area contributed by atoms with Crippen molar-refractivity contribution in [1.29, 1.82) is 0 Å². The lowest BCUT2D eigenvalue weighted by molar-refractivity contribution is 0.271. The molecule has 1 atom stereocenters. The molecule has 194 valence electrons. The number of anilines is 1. The number of aromatic nitrogens is 4. The third-order valence-electron chi connectivity index (χ3n) is 6.86. The van der Waals surface area contributed by atoms with Crippen molar-refractivity contribution >= 4 is 27.8 Å². The van der Waals surface area contributed by atoms with Crippen molar-refractivity contribution in [2.75, 3.05) is 11.9 Å². The van der Waals surface area contributed by atoms with Gasteiger partial charge in [-0.05, 0) is 34.6 Å². The lowest BCUT2D eigenvalue weighted by Gasteiger charge is -2.16. The Labute approximate surface area is 226 Å². The van der Waals surface area contributed by atoms with Crippen molar-refractivity contribution in [3.05, 3.63) is 109 Å². The fourth-order valence-corrected chi connectivity index (χ4v) is 4.67. The summed E-state index contributed by atoms with van der Waals surface area (Å²) in [5, 5.41) is 15.2. The molecule has 0 fully saturated rings. The SMILES string of the molecule is CC[C@@H](CO)Nc1nc(Oc2cccc3ccccc23)nc2c1ncn2Cc1ccc(-c2ccccc2)cc1. The first kappa shape index (κ1) is 24.6. The van der Waals surface area contributed by atoms with Gasteiger partial charge in [-0.25, -0.2) is 4.98 Å². The number of rotatable bonds is 9. The second-order valence-corrected chi connectivity index (χ2v) is 9.47. The Morgan fingerprint density at radius 1 is 0.846 bits per heavy atom. The average molecular weight is 516 g/mol. The minimum Gasteiger partial charge on any atom is -0.424 e. The summed E-state index contributed by atoms with van der Waals surface area (Å²) in [5.74, 6) is 1.21. The van der Waals surface area contributed by atoms with Crippen LogP contribution in [-0.4, -0.2) is 37.3 Å². The van der Waals surface area contributed by atoms with E-state index in [4.69, 9.17) is 9.72 Å². The van der Waals surface area contributed by atoms with Gasteiger partial charge in [-0.1, -0.05) is 97.9 Å². The van der Waals surface area contributed by atoms with Crippen LogP contribution in [0.1, 0.15) is 18.9 Å². The van der Waals surface area contributed by atoms with Gasteiger partial charge in [-0.2, -0.15) is 9.97 Å². The predicted octanol–water partition coefficient (Wildman–Crippen LogP) is 6.67. The molecule has 0 aliphatic rings. The molecule has 0 radical (unpaired) electrons. The summed E-state index contributed by atoms with van der Waals surface area (Å²) in [6, 6.07) is 32.9. The van der Waals surface area contributed by atoms with Gasteiger partial charge in [0.1, 0.15) is 5.75 Å². The Bertz CT molecular complexity index is 1710. The molecule has 0 spiro atoms. The molecule has 6 aromatic rings. The van der Waals surface area contributed by atoms with Crippen LogP contribution in [-0.2, 0) is 6.54 Å². The van der Waals surface area contributed by atoms with E-state index in [-0.39, 0.29) is 18.7 Å². The number of hydrogen-bond acceptors (Lipinski definition) is 6. The van der Waals surface area contributed by atoms with Gasteiger partial charge >= 0.3 is 6.01 Å². The number of ether oxygens (including phenoxy) is 1. The lowest BCUT2D eigenvalue weighted by atomic mass is 10.0. The maximum Gasteiger partial charge on any atom is 0.326 e. The summed E-state index contributed by atoms with van der Waals surface area (Å²) < 4.78 is 8.26. The number of hydrogen-bond donors (Lipinski definition) is 2. The van der Waals surface area contributed by atoms with Gasteiger partial charge in [0.25, 0.3) is 0 Å². The Morgan fingerprint density at radius 2 is 1.59 bits per heavy atom. The molecule has 0 aliphatic heterocycles. The highest BCUT2D eigenvalue weighted by Crippen LogP contribution is 2.31. The zero-order valence-electron chi connectivity index (χ0n) is 21.7. The summed E-state index contributed by atoms with van der Waals surface area (Å²) in [6.07, 6.45) is 2.51. The molecule has 0 amide bonds. The van der Waals surface area contributed by atoms with Crippen LogP contribution in [0.15, 0.2) is 103 Å². The second-order valence-electron chi connectivity index (χ2n) is 9.47. The molecule has 2 aromatic heterocycles. The monoisotopic (exact) mass is 515 g/mol. The fraction of sp³-hybridized carbons (Fsp3) is 0.156. The van der Waals surface area contributed by atoms with Gasteiger partial charge in [-0.15, -0.1) is 0 Å². The van der Waals surface area contributed by atoms with Crippen LogP contribution in [0.4, 0.5) is 5.82 Å². The summed E-state index contributed by atoms with van der Waals surface area (Å²) in [5.41, 5.74) is 4.77. The van der Waals surface area contributed by atoms with E-state index >= 15 is 0 Å². The minimum atomic E-state index is -0.163. The predicted molar refractivity (Wildman–Crippen MR) is 155 cm³/mol. The van der Waals surface area contributed by atoms with E-state index in [9.17, 15) is 5.11 Å². The molecule has 0 bridgehead atoms. The average Bonchev–Trinajstić information content (AvgIpc) is 3.39. The van der Waals surface area contributed by atoms with E-state index in [0.29, 0.717) is 29.3 Å². The van der Waals surface area contributed by atoms with Crippen LogP contribution in [0.25, 0.3) is 33.1 Å². The number of fused-ring (bicyclic) bond motifs is 2. The molecule has 0 aliphatic carbocycles. The molecule has 0 saturated carbocycles. The summed E-state index contributed by atoms with van der Waals surface area (Å²) in [6.45, 7) is 2.58. The number of nitrogens with one attached hydrogen (secondary N) is 1. The van der Waals surface area contributed by atoms with Crippen LogP contribution >= 0.6 is 0 Å². The van der Waals surface area contributed by atoms with E-state index in [1.54, 1.807) is 6.33 Å². The van der Waals surface area contributed by atoms with Gasteiger partial charge < -0.3 is 19.7 Å². The fourth-order valence-electron chi connectivity index (χ4n) is 4.67. The molecule has 2 heterocycles. The van der Waals surface area contributed by atoms with Crippen molar-refractivity contribution in [2.45, 2.75) is 25.9 Å². The van der Waals surface area contributed by atoms with Crippen molar-refractivity contribution in [3.63, 3.8) is 0 Å². The molecule has 7 heteroatoms. The Kier molecular flexibility index (Phi) is 6.89. The minimum absolute atomic E-state index is 0.0179. The van der Waals surface area contributed by atoms with Crippen molar-refractivity contribution in [3.8, 4) is 22.9 Å². The summed E-state index contributed by atoms with van der Waals surface area (Å²) in [4.78, 5) is 14.1. The van der Waals surface area contributed by atoms with Crippen LogP contribution in [0, 0.1) is 0 Å². The van der Waals surface area contributed by atoms with Crippen LogP contribution in [0.5, 0.6) is 11.8 Å². The first-order chi connectivity index (χ1) is 19.2. The summed E-state index contributed by atoms with van der Waals surface area (Å²) >= 11 is 0. The number of nitrogens with zero attached hydrogens (tertiary/aromatic N) is 4.